The molecule has 0 N–H and O–H groups in total. The van der Waals surface area contributed by atoms with Crippen LogP contribution in [0.3, 0.4) is 0 Å². The van der Waals surface area contributed by atoms with Gasteiger partial charge in [-0.2, -0.15) is 0 Å². The number of benzene rings is 1. The minimum atomic E-state index is -0.138. The number of halogens is 1. The van der Waals surface area contributed by atoms with Crippen LogP contribution in [0.5, 0.6) is 0 Å². The average Bonchev–Trinajstić information content (AvgIpc) is 2.42. The second kappa shape index (κ2) is 4.79. The minimum absolute atomic E-state index is 0.0918. The Morgan fingerprint density at radius 2 is 2.00 bits per heavy atom. The van der Waals surface area contributed by atoms with E-state index in [2.05, 4.69) is 15.9 Å². The Morgan fingerprint density at radius 1 is 1.27 bits per heavy atom. The zero-order valence-electron chi connectivity index (χ0n) is 8.36. The highest BCUT2D eigenvalue weighted by Crippen LogP contribution is 2.32. The van der Waals surface area contributed by atoms with E-state index in [-0.39, 0.29) is 16.9 Å². The van der Waals surface area contributed by atoms with E-state index in [0.717, 1.165) is 18.4 Å². The molecule has 80 valence electrons. The van der Waals surface area contributed by atoms with Crippen LogP contribution in [0.4, 0.5) is 0 Å². The van der Waals surface area contributed by atoms with Gasteiger partial charge < -0.3 is 4.74 Å². The van der Waals surface area contributed by atoms with E-state index in [1.807, 2.05) is 30.3 Å². The number of ether oxygens (including phenoxy) is 1. The van der Waals surface area contributed by atoms with Gasteiger partial charge in [0, 0.05) is 6.42 Å². The van der Waals surface area contributed by atoms with Crippen LogP contribution >= 0.6 is 15.9 Å². The van der Waals surface area contributed by atoms with Crippen LogP contribution in [0.25, 0.3) is 0 Å². The molecular formula is C12H13BrO2. The summed E-state index contributed by atoms with van der Waals surface area (Å²) in [5.41, 5.74) is 1.06. The molecule has 3 heteroatoms. The largest absolute Gasteiger partial charge is 0.456 e. The number of hydrogen-bond acceptors (Lipinski definition) is 2. The third-order valence-corrected chi connectivity index (χ3v) is 3.51. The number of cyclic esters (lactones) is 1. The molecule has 1 aliphatic heterocycles. The Hall–Kier alpha value is -0.830. The van der Waals surface area contributed by atoms with Gasteiger partial charge in [-0.25, -0.2) is 0 Å². The Balaban J connectivity index is 2.21. The molecule has 0 spiro atoms. The summed E-state index contributed by atoms with van der Waals surface area (Å²) >= 11 is 3.59. The number of hydrogen-bond donors (Lipinski definition) is 0. The van der Waals surface area contributed by atoms with E-state index >= 15 is 0 Å². The summed E-state index contributed by atoms with van der Waals surface area (Å²) in [5, 5.41) is 0. The molecule has 2 atom stereocenters. The number of carbonyl (C=O) groups is 1. The quantitative estimate of drug-likeness (QED) is 0.578. The lowest BCUT2D eigenvalue weighted by atomic mass is 10.0. The standard InChI is InChI=1S/C12H13BrO2/c13-10-7-4-8-11(14)15-12(10)9-5-2-1-3-6-9/h1-3,5-6,10,12H,4,7-8H2/t10-,12-/m0/s1. The van der Waals surface area contributed by atoms with Crippen molar-refractivity contribution >= 4 is 21.9 Å². The van der Waals surface area contributed by atoms with Gasteiger partial charge in [-0.15, -0.1) is 0 Å². The van der Waals surface area contributed by atoms with E-state index in [0.29, 0.717) is 6.42 Å². The molecule has 2 nitrogen and oxygen atoms in total. The molecule has 0 aliphatic carbocycles. The molecule has 1 aromatic rings. The van der Waals surface area contributed by atoms with Crippen molar-refractivity contribution < 1.29 is 9.53 Å². The monoisotopic (exact) mass is 268 g/mol. The maximum absolute atomic E-state index is 11.4. The van der Waals surface area contributed by atoms with Crippen LogP contribution in [0, 0.1) is 0 Å². The maximum atomic E-state index is 11.4. The molecule has 1 fully saturated rings. The van der Waals surface area contributed by atoms with Crippen molar-refractivity contribution in [2.45, 2.75) is 30.2 Å². The molecule has 0 bridgehead atoms. The zero-order chi connectivity index (χ0) is 10.7. The highest BCUT2D eigenvalue weighted by molar-refractivity contribution is 9.09. The van der Waals surface area contributed by atoms with Crippen molar-refractivity contribution in [1.82, 2.24) is 0 Å². The van der Waals surface area contributed by atoms with Gasteiger partial charge in [-0.1, -0.05) is 46.3 Å². The lowest BCUT2D eigenvalue weighted by molar-refractivity contribution is -0.148. The molecule has 0 amide bonds. The molecule has 1 saturated heterocycles. The summed E-state index contributed by atoms with van der Waals surface area (Å²) in [6.07, 6.45) is 2.27. The summed E-state index contributed by atoms with van der Waals surface area (Å²) in [6.45, 7) is 0. The summed E-state index contributed by atoms with van der Waals surface area (Å²) < 4.78 is 5.42. The van der Waals surface area contributed by atoms with Crippen LogP contribution in [0.1, 0.15) is 30.9 Å². The van der Waals surface area contributed by atoms with Gasteiger partial charge in [0.15, 0.2) is 0 Å². The zero-order valence-corrected chi connectivity index (χ0v) is 9.94. The van der Waals surface area contributed by atoms with Crippen LogP contribution in [0.2, 0.25) is 0 Å². The number of alkyl halides is 1. The first-order chi connectivity index (χ1) is 7.27. The Kier molecular flexibility index (Phi) is 3.41. The average molecular weight is 269 g/mol. The van der Waals surface area contributed by atoms with E-state index < -0.39 is 0 Å². The van der Waals surface area contributed by atoms with Crippen LogP contribution < -0.4 is 0 Å². The van der Waals surface area contributed by atoms with Gasteiger partial charge >= 0.3 is 5.97 Å². The molecule has 0 aromatic heterocycles. The Bertz CT molecular complexity index is 337. The fraction of sp³-hybridized carbons (Fsp3) is 0.417. The lowest BCUT2D eigenvalue weighted by Gasteiger charge is -2.20. The molecule has 0 radical (unpaired) electrons. The number of esters is 1. The van der Waals surface area contributed by atoms with Crippen molar-refractivity contribution in [2.24, 2.45) is 0 Å². The first-order valence-corrected chi connectivity index (χ1v) is 6.07. The molecule has 1 aromatic carbocycles. The Morgan fingerprint density at radius 3 is 2.73 bits per heavy atom. The van der Waals surface area contributed by atoms with E-state index in [4.69, 9.17) is 4.74 Å². The van der Waals surface area contributed by atoms with Gasteiger partial charge in [0.05, 0.1) is 4.83 Å². The third kappa shape index (κ3) is 2.59. The number of rotatable bonds is 1. The molecular weight excluding hydrogens is 256 g/mol. The number of carbonyl (C=O) groups excluding carboxylic acids is 1. The third-order valence-electron chi connectivity index (χ3n) is 2.58. The van der Waals surface area contributed by atoms with E-state index in [1.165, 1.54) is 0 Å². The van der Waals surface area contributed by atoms with Crippen LogP contribution in [-0.2, 0) is 9.53 Å². The highest BCUT2D eigenvalue weighted by atomic mass is 79.9. The molecule has 1 heterocycles. The summed E-state index contributed by atoms with van der Waals surface area (Å²) in [5.74, 6) is -0.0918. The molecule has 2 rings (SSSR count). The van der Waals surface area contributed by atoms with Gasteiger partial charge in [0.2, 0.25) is 0 Å². The first kappa shape index (κ1) is 10.7. The van der Waals surface area contributed by atoms with Crippen LogP contribution in [0.15, 0.2) is 30.3 Å². The van der Waals surface area contributed by atoms with Gasteiger partial charge in [0.25, 0.3) is 0 Å². The lowest BCUT2D eigenvalue weighted by Crippen LogP contribution is -2.15. The molecule has 0 unspecified atom stereocenters. The first-order valence-electron chi connectivity index (χ1n) is 5.16. The van der Waals surface area contributed by atoms with Gasteiger partial charge in [0.1, 0.15) is 6.10 Å². The second-order valence-electron chi connectivity index (χ2n) is 3.73. The summed E-state index contributed by atoms with van der Waals surface area (Å²) in [7, 11) is 0. The summed E-state index contributed by atoms with van der Waals surface area (Å²) in [6, 6.07) is 9.89. The van der Waals surface area contributed by atoms with Crippen LogP contribution in [-0.4, -0.2) is 10.8 Å². The fourth-order valence-corrected chi connectivity index (χ4v) is 2.52. The van der Waals surface area contributed by atoms with Gasteiger partial charge in [-0.05, 0) is 18.4 Å². The molecule has 0 saturated carbocycles. The van der Waals surface area contributed by atoms with Gasteiger partial charge in [-0.3, -0.25) is 4.79 Å². The highest BCUT2D eigenvalue weighted by Gasteiger charge is 2.27. The SMILES string of the molecule is O=C1CCC[C@H](Br)[C@H](c2ccccc2)O1. The predicted molar refractivity (Wildman–Crippen MR) is 61.8 cm³/mol. The predicted octanol–water partition coefficient (Wildman–Crippen LogP) is 3.22. The van der Waals surface area contributed by atoms with Crippen molar-refractivity contribution in [2.75, 3.05) is 0 Å². The smallest absolute Gasteiger partial charge is 0.306 e. The van der Waals surface area contributed by atoms with Crippen molar-refractivity contribution in [1.29, 1.82) is 0 Å². The van der Waals surface area contributed by atoms with Crippen molar-refractivity contribution in [3.63, 3.8) is 0 Å². The van der Waals surface area contributed by atoms with Crippen molar-refractivity contribution in [3.05, 3.63) is 35.9 Å². The molecule has 15 heavy (non-hydrogen) atoms. The maximum Gasteiger partial charge on any atom is 0.306 e. The fourth-order valence-electron chi connectivity index (χ4n) is 1.79. The second-order valence-corrected chi connectivity index (χ2v) is 4.91. The topological polar surface area (TPSA) is 26.3 Å². The van der Waals surface area contributed by atoms with E-state index in [1.54, 1.807) is 0 Å². The normalized spacial score (nSPS) is 26.9. The minimum Gasteiger partial charge on any atom is -0.456 e. The van der Waals surface area contributed by atoms with E-state index in [9.17, 15) is 4.79 Å². The molecule has 1 aliphatic rings. The Labute approximate surface area is 97.8 Å². The van der Waals surface area contributed by atoms with Crippen molar-refractivity contribution in [3.8, 4) is 0 Å². The summed E-state index contributed by atoms with van der Waals surface area (Å²) in [4.78, 5) is 11.6.